The number of rotatable bonds is 3. The number of pyridine rings is 1. The quantitative estimate of drug-likeness (QED) is 0.785. The van der Waals surface area contributed by atoms with Crippen LogP contribution in [-0.4, -0.2) is 15.5 Å². The predicted octanol–water partition coefficient (Wildman–Crippen LogP) is 4.22. The lowest BCUT2D eigenvalue weighted by Crippen LogP contribution is -2.04. The number of nitrogens with zero attached hydrogens (tertiary/aromatic N) is 1. The van der Waals surface area contributed by atoms with Gasteiger partial charge in [0.2, 0.25) is 0 Å². The van der Waals surface area contributed by atoms with Crippen molar-refractivity contribution in [3.63, 3.8) is 0 Å². The summed E-state index contributed by atoms with van der Waals surface area (Å²) in [5.41, 5.74) is 4.71. The van der Waals surface area contributed by atoms with Crippen LogP contribution in [0.25, 0.3) is 5.52 Å². The molecule has 1 fully saturated rings. The third-order valence-electron chi connectivity index (χ3n) is 4.63. The highest BCUT2D eigenvalue weighted by atomic mass is 16.4. The largest absolute Gasteiger partial charge is 0.477 e. The van der Waals surface area contributed by atoms with Gasteiger partial charge in [0.15, 0.2) is 0 Å². The summed E-state index contributed by atoms with van der Waals surface area (Å²) in [6.07, 6.45) is 3.14. The van der Waals surface area contributed by atoms with Crippen LogP contribution in [0.4, 0.5) is 0 Å². The molecular formula is C19H17NO2. The molecule has 1 saturated carbocycles. The molecule has 4 rings (SSSR count). The summed E-state index contributed by atoms with van der Waals surface area (Å²) >= 11 is 0. The SMILES string of the molecule is Cc1cc2ccc([C@@H]3C[C@H]3c3ccccc3)cn2c1C(=O)O. The lowest BCUT2D eigenvalue weighted by molar-refractivity contribution is 0.0688. The fourth-order valence-electron chi connectivity index (χ4n) is 3.44. The maximum absolute atomic E-state index is 11.5. The topological polar surface area (TPSA) is 41.7 Å². The van der Waals surface area contributed by atoms with E-state index in [-0.39, 0.29) is 0 Å². The molecule has 22 heavy (non-hydrogen) atoms. The molecule has 0 saturated heterocycles. The number of benzene rings is 1. The number of aryl methyl sites for hydroxylation is 1. The van der Waals surface area contributed by atoms with Crippen LogP contribution in [-0.2, 0) is 0 Å². The Morgan fingerprint density at radius 3 is 2.55 bits per heavy atom. The first-order valence-corrected chi connectivity index (χ1v) is 7.55. The molecule has 2 heterocycles. The molecule has 3 aromatic rings. The van der Waals surface area contributed by atoms with E-state index in [1.165, 1.54) is 11.1 Å². The molecule has 0 bridgehead atoms. The van der Waals surface area contributed by atoms with Crippen molar-refractivity contribution >= 4 is 11.5 Å². The van der Waals surface area contributed by atoms with Crippen molar-refractivity contribution in [3.05, 3.63) is 77.1 Å². The highest BCUT2D eigenvalue weighted by Gasteiger charge is 2.39. The summed E-state index contributed by atoms with van der Waals surface area (Å²) in [6, 6.07) is 16.6. The van der Waals surface area contributed by atoms with Gasteiger partial charge in [0.25, 0.3) is 0 Å². The van der Waals surface area contributed by atoms with Gasteiger partial charge in [-0.15, -0.1) is 0 Å². The van der Waals surface area contributed by atoms with Gasteiger partial charge in [-0.25, -0.2) is 4.79 Å². The van der Waals surface area contributed by atoms with Gasteiger partial charge in [0, 0.05) is 11.7 Å². The highest BCUT2D eigenvalue weighted by molar-refractivity contribution is 5.89. The van der Waals surface area contributed by atoms with E-state index >= 15 is 0 Å². The van der Waals surface area contributed by atoms with E-state index in [4.69, 9.17) is 0 Å². The molecule has 3 heteroatoms. The molecule has 0 unspecified atom stereocenters. The van der Waals surface area contributed by atoms with Crippen LogP contribution in [0.3, 0.4) is 0 Å². The van der Waals surface area contributed by atoms with Crippen LogP contribution in [0.5, 0.6) is 0 Å². The van der Waals surface area contributed by atoms with Crippen LogP contribution >= 0.6 is 0 Å². The number of aromatic carboxylic acids is 1. The van der Waals surface area contributed by atoms with E-state index in [2.05, 4.69) is 30.3 Å². The maximum Gasteiger partial charge on any atom is 0.353 e. The molecule has 1 aliphatic rings. The summed E-state index contributed by atoms with van der Waals surface area (Å²) in [4.78, 5) is 11.5. The molecule has 0 amide bonds. The van der Waals surface area contributed by atoms with Crippen molar-refractivity contribution in [2.45, 2.75) is 25.2 Å². The Hall–Kier alpha value is -2.55. The minimum Gasteiger partial charge on any atom is -0.477 e. The molecular weight excluding hydrogens is 274 g/mol. The number of carboxylic acids is 1. The molecule has 2 aromatic heterocycles. The number of carboxylic acid groups (broad SMARTS) is 1. The van der Waals surface area contributed by atoms with Crippen molar-refractivity contribution in [3.8, 4) is 0 Å². The summed E-state index contributed by atoms with van der Waals surface area (Å²) in [7, 11) is 0. The van der Waals surface area contributed by atoms with Crippen molar-refractivity contribution in [2.75, 3.05) is 0 Å². The van der Waals surface area contributed by atoms with Crippen molar-refractivity contribution < 1.29 is 9.90 Å². The molecule has 0 spiro atoms. The van der Waals surface area contributed by atoms with Gasteiger partial charge >= 0.3 is 5.97 Å². The number of fused-ring (bicyclic) bond motifs is 1. The van der Waals surface area contributed by atoms with Crippen LogP contribution < -0.4 is 0 Å². The Morgan fingerprint density at radius 2 is 1.82 bits per heavy atom. The molecule has 110 valence electrons. The summed E-state index contributed by atoms with van der Waals surface area (Å²) in [5, 5.41) is 9.41. The van der Waals surface area contributed by atoms with Crippen LogP contribution in [0.1, 0.15) is 45.4 Å². The van der Waals surface area contributed by atoms with Gasteiger partial charge in [-0.3, -0.25) is 0 Å². The summed E-state index contributed by atoms with van der Waals surface area (Å²) in [5.74, 6) is 0.185. The smallest absolute Gasteiger partial charge is 0.353 e. The van der Waals surface area contributed by atoms with E-state index < -0.39 is 5.97 Å². The first kappa shape index (κ1) is 13.1. The zero-order valence-corrected chi connectivity index (χ0v) is 12.4. The van der Waals surface area contributed by atoms with Gasteiger partial charge in [0.05, 0.1) is 0 Å². The fraction of sp³-hybridized carbons (Fsp3) is 0.211. The third-order valence-corrected chi connectivity index (χ3v) is 4.63. The molecule has 0 radical (unpaired) electrons. The molecule has 2 atom stereocenters. The Labute approximate surface area is 128 Å². The third kappa shape index (κ3) is 2.01. The summed E-state index contributed by atoms with van der Waals surface area (Å²) in [6.45, 7) is 1.85. The number of hydrogen-bond donors (Lipinski definition) is 1. The number of aromatic nitrogens is 1. The molecule has 1 aliphatic carbocycles. The van der Waals surface area contributed by atoms with Gasteiger partial charge in [-0.2, -0.15) is 0 Å². The number of carbonyl (C=O) groups is 1. The van der Waals surface area contributed by atoms with Crippen molar-refractivity contribution in [1.29, 1.82) is 0 Å². The standard InChI is InChI=1S/C19H17NO2/c1-12-9-15-8-7-14(11-20(15)18(12)19(21)22)17-10-16(17)13-5-3-2-4-6-13/h2-9,11,16-17H,10H2,1H3,(H,21,22)/t16-,17-/m0/s1. The van der Waals surface area contributed by atoms with Crippen molar-refractivity contribution in [2.24, 2.45) is 0 Å². The average Bonchev–Trinajstić information content (AvgIpc) is 3.23. The first-order chi connectivity index (χ1) is 10.6. The molecule has 3 nitrogen and oxygen atoms in total. The van der Waals surface area contributed by atoms with Gasteiger partial charge in [-0.05, 0) is 54.0 Å². The zero-order chi connectivity index (χ0) is 15.3. The lowest BCUT2D eigenvalue weighted by Gasteiger charge is -2.05. The Bertz CT molecular complexity index is 864. The van der Waals surface area contributed by atoms with Gasteiger partial charge in [0.1, 0.15) is 5.69 Å². The lowest BCUT2D eigenvalue weighted by atomic mass is 10.1. The Balaban J connectivity index is 1.72. The van der Waals surface area contributed by atoms with Crippen molar-refractivity contribution in [1.82, 2.24) is 4.40 Å². The second-order valence-electron chi connectivity index (χ2n) is 6.10. The molecule has 1 N–H and O–H groups in total. The van der Waals surface area contributed by atoms with E-state index in [0.717, 1.165) is 17.5 Å². The van der Waals surface area contributed by atoms with E-state index in [1.54, 1.807) is 0 Å². The number of hydrogen-bond acceptors (Lipinski definition) is 1. The zero-order valence-electron chi connectivity index (χ0n) is 12.4. The van der Waals surface area contributed by atoms with E-state index in [1.807, 2.05) is 35.7 Å². The summed E-state index contributed by atoms with van der Waals surface area (Å²) < 4.78 is 1.81. The normalized spacial score (nSPS) is 20.2. The van der Waals surface area contributed by atoms with Crippen LogP contribution in [0, 0.1) is 6.92 Å². The van der Waals surface area contributed by atoms with E-state index in [9.17, 15) is 9.90 Å². The fourth-order valence-corrected chi connectivity index (χ4v) is 3.44. The van der Waals surface area contributed by atoms with Gasteiger partial charge in [-0.1, -0.05) is 36.4 Å². The Kier molecular flexibility index (Phi) is 2.83. The predicted molar refractivity (Wildman–Crippen MR) is 85.6 cm³/mol. The second kappa shape index (κ2) is 4.73. The second-order valence-corrected chi connectivity index (χ2v) is 6.10. The maximum atomic E-state index is 11.5. The minimum absolute atomic E-state index is 0.369. The molecule has 1 aromatic carbocycles. The highest BCUT2D eigenvalue weighted by Crippen LogP contribution is 2.54. The monoisotopic (exact) mass is 291 g/mol. The first-order valence-electron chi connectivity index (χ1n) is 7.55. The molecule has 0 aliphatic heterocycles. The van der Waals surface area contributed by atoms with E-state index in [0.29, 0.717) is 17.5 Å². The minimum atomic E-state index is -0.870. The van der Waals surface area contributed by atoms with Gasteiger partial charge < -0.3 is 9.51 Å². The van der Waals surface area contributed by atoms with Crippen LogP contribution in [0.15, 0.2) is 54.7 Å². The van der Waals surface area contributed by atoms with Crippen LogP contribution in [0.2, 0.25) is 0 Å². The Morgan fingerprint density at radius 1 is 1.09 bits per heavy atom. The average molecular weight is 291 g/mol.